The van der Waals surface area contributed by atoms with Gasteiger partial charge in [0.15, 0.2) is 0 Å². The lowest BCUT2D eigenvalue weighted by molar-refractivity contribution is 0.0947. The summed E-state index contributed by atoms with van der Waals surface area (Å²) in [6.45, 7) is 0.547. The molecule has 0 saturated carbocycles. The van der Waals surface area contributed by atoms with E-state index in [0.717, 1.165) is 11.3 Å². The number of carbonyl (C=O) groups is 1. The fourth-order valence-corrected chi connectivity index (χ4v) is 2.93. The van der Waals surface area contributed by atoms with Gasteiger partial charge in [-0.05, 0) is 48.5 Å². The number of rotatable bonds is 7. The molecule has 2 heterocycles. The van der Waals surface area contributed by atoms with E-state index < -0.39 is 0 Å². The summed E-state index contributed by atoms with van der Waals surface area (Å²) in [5.41, 5.74) is 2.58. The first-order valence-corrected chi connectivity index (χ1v) is 9.43. The highest BCUT2D eigenvalue weighted by Crippen LogP contribution is 2.23. The molecule has 150 valence electrons. The first kappa shape index (κ1) is 19.3. The second-order valence-electron chi connectivity index (χ2n) is 6.47. The average Bonchev–Trinajstić information content (AvgIpc) is 3.25. The summed E-state index contributed by atoms with van der Waals surface area (Å²) in [6.07, 6.45) is 5.05. The van der Waals surface area contributed by atoms with Crippen molar-refractivity contribution in [1.82, 2.24) is 20.1 Å². The monoisotopic (exact) mass is 402 g/mol. The summed E-state index contributed by atoms with van der Waals surface area (Å²) >= 11 is 0. The van der Waals surface area contributed by atoms with Gasteiger partial charge >= 0.3 is 0 Å². The molecule has 2 aromatic carbocycles. The van der Waals surface area contributed by atoms with Crippen LogP contribution in [0.1, 0.15) is 10.4 Å². The number of carbonyl (C=O) groups excluding carboxylic acids is 1. The number of amides is 1. The number of ether oxygens (including phenoxy) is 1. The number of halogens is 1. The van der Waals surface area contributed by atoms with Crippen molar-refractivity contribution in [2.24, 2.45) is 0 Å². The molecule has 30 heavy (non-hydrogen) atoms. The Morgan fingerprint density at radius 3 is 2.57 bits per heavy atom. The molecule has 0 aliphatic carbocycles. The first-order chi connectivity index (χ1) is 14.7. The highest BCUT2D eigenvalue weighted by Gasteiger charge is 2.18. The van der Waals surface area contributed by atoms with E-state index in [4.69, 9.17) is 4.74 Å². The maximum Gasteiger partial charge on any atom is 0.255 e. The molecule has 0 atom stereocenters. The molecular formula is C23H19FN4O2. The number of hydrogen-bond acceptors (Lipinski definition) is 4. The van der Waals surface area contributed by atoms with Gasteiger partial charge in [0, 0.05) is 24.2 Å². The van der Waals surface area contributed by atoms with Crippen molar-refractivity contribution >= 4 is 5.91 Å². The van der Waals surface area contributed by atoms with E-state index in [1.807, 2.05) is 36.4 Å². The molecule has 0 fully saturated rings. The van der Waals surface area contributed by atoms with E-state index in [1.165, 1.54) is 12.1 Å². The van der Waals surface area contributed by atoms with Gasteiger partial charge in [-0.3, -0.25) is 9.78 Å². The summed E-state index contributed by atoms with van der Waals surface area (Å²) in [5.74, 6) is -0.0497. The molecule has 7 heteroatoms. The van der Waals surface area contributed by atoms with Crippen molar-refractivity contribution < 1.29 is 13.9 Å². The average molecular weight is 402 g/mol. The van der Waals surface area contributed by atoms with Crippen molar-refractivity contribution in [3.63, 3.8) is 0 Å². The third-order valence-electron chi connectivity index (χ3n) is 4.38. The minimum absolute atomic E-state index is 0.256. The Hall–Kier alpha value is -4.00. The predicted octanol–water partition coefficient (Wildman–Crippen LogP) is 3.88. The number of nitrogens with zero attached hydrogens (tertiary/aromatic N) is 3. The molecule has 0 aliphatic heterocycles. The molecular weight excluding hydrogens is 383 g/mol. The van der Waals surface area contributed by atoms with Crippen LogP contribution in [0.5, 0.6) is 5.75 Å². The molecule has 1 N–H and O–H groups in total. The summed E-state index contributed by atoms with van der Waals surface area (Å²) in [4.78, 5) is 17.0. The van der Waals surface area contributed by atoms with Crippen molar-refractivity contribution in [2.45, 2.75) is 0 Å². The van der Waals surface area contributed by atoms with E-state index in [-0.39, 0.29) is 18.3 Å². The van der Waals surface area contributed by atoms with E-state index in [2.05, 4.69) is 15.4 Å². The van der Waals surface area contributed by atoms with E-state index in [0.29, 0.717) is 23.6 Å². The van der Waals surface area contributed by atoms with Crippen LogP contribution in [0.3, 0.4) is 0 Å². The second kappa shape index (κ2) is 9.00. The Kier molecular flexibility index (Phi) is 5.80. The molecule has 2 aromatic heterocycles. The molecule has 4 aromatic rings. The fraction of sp³-hybridized carbons (Fsp3) is 0.0870. The largest absolute Gasteiger partial charge is 0.492 e. The Labute approximate surface area is 173 Å². The van der Waals surface area contributed by atoms with Crippen LogP contribution < -0.4 is 10.1 Å². The minimum Gasteiger partial charge on any atom is -0.492 e. The van der Waals surface area contributed by atoms with Gasteiger partial charge < -0.3 is 10.1 Å². The maximum absolute atomic E-state index is 12.9. The highest BCUT2D eigenvalue weighted by molar-refractivity contribution is 5.99. The normalized spacial score (nSPS) is 10.6. The Morgan fingerprint density at radius 1 is 1.03 bits per heavy atom. The molecule has 0 spiro atoms. The van der Waals surface area contributed by atoms with E-state index in [9.17, 15) is 9.18 Å². The summed E-state index contributed by atoms with van der Waals surface area (Å²) in [5, 5.41) is 7.45. The van der Waals surface area contributed by atoms with Crippen LogP contribution in [0.4, 0.5) is 4.39 Å². The summed E-state index contributed by atoms with van der Waals surface area (Å²) in [7, 11) is 0. The van der Waals surface area contributed by atoms with Gasteiger partial charge in [0.25, 0.3) is 5.91 Å². The van der Waals surface area contributed by atoms with Crippen LogP contribution in [0, 0.1) is 5.82 Å². The SMILES string of the molecule is O=C(NCCOc1ccc(F)cc1)c1cn(-c2ccccc2)nc1-c1cccnc1. The highest BCUT2D eigenvalue weighted by atomic mass is 19.1. The van der Waals surface area contributed by atoms with Crippen LogP contribution in [0.25, 0.3) is 16.9 Å². The third kappa shape index (κ3) is 4.52. The molecule has 6 nitrogen and oxygen atoms in total. The zero-order chi connectivity index (χ0) is 20.8. The molecule has 0 radical (unpaired) electrons. The quantitative estimate of drug-likeness (QED) is 0.476. The zero-order valence-electron chi connectivity index (χ0n) is 16.0. The number of hydrogen-bond donors (Lipinski definition) is 1. The lowest BCUT2D eigenvalue weighted by Gasteiger charge is -2.08. The first-order valence-electron chi connectivity index (χ1n) is 9.43. The number of aromatic nitrogens is 3. The van der Waals surface area contributed by atoms with Crippen LogP contribution in [0.15, 0.2) is 85.3 Å². The fourth-order valence-electron chi connectivity index (χ4n) is 2.93. The molecule has 0 saturated heterocycles. The van der Waals surface area contributed by atoms with Crippen LogP contribution >= 0.6 is 0 Å². The van der Waals surface area contributed by atoms with E-state index >= 15 is 0 Å². The number of benzene rings is 2. The number of para-hydroxylation sites is 1. The lowest BCUT2D eigenvalue weighted by atomic mass is 10.1. The predicted molar refractivity (Wildman–Crippen MR) is 111 cm³/mol. The van der Waals surface area contributed by atoms with Crippen LogP contribution in [-0.2, 0) is 0 Å². The van der Waals surface area contributed by atoms with Crippen molar-refractivity contribution in [2.75, 3.05) is 13.2 Å². The standard InChI is InChI=1S/C23H19FN4O2/c24-18-8-10-20(11-9-18)30-14-13-26-23(29)21-16-28(19-6-2-1-3-7-19)27-22(21)17-5-4-12-25-15-17/h1-12,15-16H,13-14H2,(H,26,29). The van der Waals surface area contributed by atoms with Gasteiger partial charge in [0.1, 0.15) is 23.9 Å². The maximum atomic E-state index is 12.9. The summed E-state index contributed by atoms with van der Waals surface area (Å²) in [6, 6.07) is 19.0. The van der Waals surface area contributed by atoms with Crippen LogP contribution in [0.2, 0.25) is 0 Å². The molecule has 0 unspecified atom stereocenters. The Bertz CT molecular complexity index is 1110. The van der Waals surface area contributed by atoms with E-state index in [1.54, 1.807) is 41.5 Å². The summed E-state index contributed by atoms with van der Waals surface area (Å²) < 4.78 is 20.1. The molecule has 0 bridgehead atoms. The van der Waals surface area contributed by atoms with Gasteiger partial charge in [-0.2, -0.15) is 5.10 Å². The second-order valence-corrected chi connectivity index (χ2v) is 6.47. The van der Waals surface area contributed by atoms with Gasteiger partial charge in [-0.25, -0.2) is 9.07 Å². The molecule has 1 amide bonds. The number of nitrogens with one attached hydrogen (secondary N) is 1. The Balaban J connectivity index is 1.49. The molecule has 4 rings (SSSR count). The van der Waals surface area contributed by atoms with Gasteiger partial charge in [0.2, 0.25) is 0 Å². The zero-order valence-corrected chi connectivity index (χ0v) is 16.0. The van der Waals surface area contributed by atoms with Crippen molar-refractivity contribution in [3.05, 3.63) is 96.7 Å². The lowest BCUT2D eigenvalue weighted by Crippen LogP contribution is -2.28. The van der Waals surface area contributed by atoms with Crippen molar-refractivity contribution in [1.29, 1.82) is 0 Å². The third-order valence-corrected chi connectivity index (χ3v) is 4.38. The Morgan fingerprint density at radius 2 is 1.83 bits per heavy atom. The van der Waals surface area contributed by atoms with Crippen molar-refractivity contribution in [3.8, 4) is 22.7 Å². The molecule has 0 aliphatic rings. The van der Waals surface area contributed by atoms with Crippen LogP contribution in [-0.4, -0.2) is 33.8 Å². The van der Waals surface area contributed by atoms with Gasteiger partial charge in [0.05, 0.1) is 17.8 Å². The number of pyridine rings is 1. The van der Waals surface area contributed by atoms with Gasteiger partial charge in [-0.15, -0.1) is 0 Å². The minimum atomic E-state index is -0.325. The van der Waals surface area contributed by atoms with Gasteiger partial charge in [-0.1, -0.05) is 18.2 Å². The smallest absolute Gasteiger partial charge is 0.255 e. The topological polar surface area (TPSA) is 69.0 Å².